The zero-order chi connectivity index (χ0) is 18.8. The summed E-state index contributed by atoms with van der Waals surface area (Å²) in [5, 5.41) is 2.16. The molecule has 0 bridgehead atoms. The molecular formula is C20H23NO4S. The first-order valence-corrected chi connectivity index (χ1v) is 9.26. The Kier molecular flexibility index (Phi) is 8.02. The minimum absolute atomic E-state index is 0.153. The van der Waals surface area contributed by atoms with Crippen LogP contribution < -0.4 is 14.8 Å². The minimum atomic E-state index is -0.421. The second-order valence-electron chi connectivity index (χ2n) is 5.59. The highest BCUT2D eigenvalue weighted by molar-refractivity contribution is 8.13. The van der Waals surface area contributed by atoms with Crippen LogP contribution in [-0.4, -0.2) is 37.5 Å². The van der Waals surface area contributed by atoms with Crippen molar-refractivity contribution >= 4 is 23.3 Å². The van der Waals surface area contributed by atoms with Crippen molar-refractivity contribution in [1.82, 2.24) is 5.32 Å². The van der Waals surface area contributed by atoms with E-state index in [1.807, 2.05) is 48.5 Å². The van der Waals surface area contributed by atoms with Gasteiger partial charge in [0.15, 0.2) is 5.62 Å². The van der Waals surface area contributed by atoms with Crippen LogP contribution in [0.25, 0.3) is 0 Å². The molecule has 2 rings (SSSR count). The summed E-state index contributed by atoms with van der Waals surface area (Å²) in [4.78, 5) is 22.5. The largest absolute Gasteiger partial charge is 0.496 e. The summed E-state index contributed by atoms with van der Waals surface area (Å²) in [6.45, 7) is 0.543. The van der Waals surface area contributed by atoms with E-state index < -0.39 is 5.25 Å². The molecule has 0 heterocycles. The Labute approximate surface area is 158 Å². The maximum Gasteiger partial charge on any atom is 0.233 e. The second kappa shape index (κ2) is 10.5. The molecule has 0 aliphatic rings. The first-order valence-electron chi connectivity index (χ1n) is 8.32. The van der Waals surface area contributed by atoms with Gasteiger partial charge in [-0.05, 0) is 35.7 Å². The van der Waals surface area contributed by atoms with Crippen LogP contribution in [0.3, 0.4) is 0 Å². The third-order valence-electron chi connectivity index (χ3n) is 3.94. The van der Waals surface area contributed by atoms with Gasteiger partial charge in [-0.2, -0.15) is 0 Å². The van der Waals surface area contributed by atoms with Crippen LogP contribution in [0, 0.1) is 0 Å². The van der Waals surface area contributed by atoms with Crippen molar-refractivity contribution < 1.29 is 19.1 Å². The molecule has 1 amide bonds. The van der Waals surface area contributed by atoms with Crippen molar-refractivity contribution in [2.75, 3.05) is 20.8 Å². The second-order valence-corrected chi connectivity index (χ2v) is 6.63. The Hall–Kier alpha value is -2.47. The summed E-state index contributed by atoms with van der Waals surface area (Å²) in [5.74, 6) is 1.47. The Balaban J connectivity index is 1.88. The number of benzene rings is 2. The summed E-state index contributed by atoms with van der Waals surface area (Å²) in [6.07, 6.45) is 1.24. The molecule has 2 aromatic carbocycles. The van der Waals surface area contributed by atoms with Crippen molar-refractivity contribution in [2.24, 2.45) is 0 Å². The molecule has 138 valence electrons. The van der Waals surface area contributed by atoms with Gasteiger partial charge in [0.1, 0.15) is 11.5 Å². The van der Waals surface area contributed by atoms with E-state index in [1.165, 1.54) is 0 Å². The lowest BCUT2D eigenvalue weighted by molar-refractivity contribution is -0.120. The molecule has 0 saturated heterocycles. The van der Waals surface area contributed by atoms with Crippen molar-refractivity contribution in [1.29, 1.82) is 0 Å². The fourth-order valence-electron chi connectivity index (χ4n) is 2.55. The van der Waals surface area contributed by atoms with Gasteiger partial charge >= 0.3 is 0 Å². The molecule has 5 nitrogen and oxygen atoms in total. The van der Waals surface area contributed by atoms with Gasteiger partial charge in [-0.15, -0.1) is 0 Å². The molecule has 0 aromatic heterocycles. The van der Waals surface area contributed by atoms with E-state index in [0.717, 1.165) is 40.8 Å². The zero-order valence-electron chi connectivity index (χ0n) is 14.9. The van der Waals surface area contributed by atoms with E-state index >= 15 is 0 Å². The molecule has 0 aliphatic heterocycles. The summed E-state index contributed by atoms with van der Waals surface area (Å²) < 4.78 is 11.1. The summed E-state index contributed by atoms with van der Waals surface area (Å²) >= 11 is 0.987. The number of nitrogens with one attached hydrogen (secondary N) is 1. The maximum absolute atomic E-state index is 11.8. The standard InChI is InChI=1S/C20H23NO4S/c1-21-20(23)19(26-14-22)13-15-7-9-17(10-8-15)25-12-11-16-5-3-4-6-18(16)24-2/h3-10,14,19H,11-13H2,1-2H3,(H,21,23). The van der Waals surface area contributed by atoms with E-state index in [1.54, 1.807) is 14.2 Å². The van der Waals surface area contributed by atoms with Crippen molar-refractivity contribution in [3.63, 3.8) is 0 Å². The van der Waals surface area contributed by atoms with Gasteiger partial charge in [-0.3, -0.25) is 9.59 Å². The van der Waals surface area contributed by atoms with Gasteiger partial charge in [0.25, 0.3) is 0 Å². The van der Waals surface area contributed by atoms with Crippen molar-refractivity contribution in [3.8, 4) is 11.5 Å². The Morgan fingerprint density at radius 3 is 2.58 bits per heavy atom. The molecule has 1 atom stereocenters. The molecule has 0 saturated carbocycles. The first kappa shape index (κ1) is 19.8. The number of amides is 1. The molecular weight excluding hydrogens is 350 g/mol. The van der Waals surface area contributed by atoms with Crippen LogP contribution in [0.4, 0.5) is 0 Å². The smallest absolute Gasteiger partial charge is 0.233 e. The molecule has 6 heteroatoms. The number of rotatable bonds is 10. The number of methoxy groups -OCH3 is 1. The van der Waals surface area contributed by atoms with Crippen LogP contribution in [-0.2, 0) is 22.4 Å². The predicted molar refractivity (Wildman–Crippen MR) is 105 cm³/mol. The van der Waals surface area contributed by atoms with Crippen molar-refractivity contribution in [3.05, 3.63) is 59.7 Å². The van der Waals surface area contributed by atoms with Gasteiger partial charge < -0.3 is 14.8 Å². The molecule has 1 N–H and O–H groups in total. The Morgan fingerprint density at radius 2 is 1.92 bits per heavy atom. The van der Waals surface area contributed by atoms with Crippen LogP contribution >= 0.6 is 11.8 Å². The number of ether oxygens (including phenoxy) is 2. The number of carbonyl (C=O) groups is 2. The van der Waals surface area contributed by atoms with E-state index in [-0.39, 0.29) is 5.91 Å². The zero-order valence-corrected chi connectivity index (χ0v) is 15.8. The van der Waals surface area contributed by atoms with Gasteiger partial charge in [0, 0.05) is 13.5 Å². The third kappa shape index (κ3) is 5.81. The van der Waals surface area contributed by atoms with Crippen molar-refractivity contribution in [2.45, 2.75) is 18.1 Å². The molecule has 26 heavy (non-hydrogen) atoms. The van der Waals surface area contributed by atoms with Crippen LogP contribution in [0.15, 0.2) is 48.5 Å². The minimum Gasteiger partial charge on any atom is -0.496 e. The lowest BCUT2D eigenvalue weighted by atomic mass is 10.1. The number of carbonyl (C=O) groups excluding carboxylic acids is 2. The van der Waals surface area contributed by atoms with Gasteiger partial charge in [0.05, 0.1) is 19.0 Å². The SMILES string of the molecule is CNC(=O)C(Cc1ccc(OCCc2ccccc2OC)cc1)SC=O. The molecule has 0 spiro atoms. The van der Waals surface area contributed by atoms with Crippen LogP contribution in [0.1, 0.15) is 11.1 Å². The summed E-state index contributed by atoms with van der Waals surface area (Å²) in [5.41, 5.74) is 2.78. The highest BCUT2D eigenvalue weighted by Gasteiger charge is 2.18. The molecule has 1 unspecified atom stereocenters. The van der Waals surface area contributed by atoms with Gasteiger partial charge in [0.2, 0.25) is 5.91 Å². The van der Waals surface area contributed by atoms with E-state index in [9.17, 15) is 9.59 Å². The average molecular weight is 373 g/mol. The highest BCUT2D eigenvalue weighted by atomic mass is 32.2. The Bertz CT molecular complexity index is 718. The topological polar surface area (TPSA) is 64.6 Å². The molecule has 0 fully saturated rings. The molecule has 2 aromatic rings. The van der Waals surface area contributed by atoms with E-state index in [2.05, 4.69) is 5.32 Å². The first-order chi connectivity index (χ1) is 12.7. The van der Waals surface area contributed by atoms with Crippen LogP contribution in [0.5, 0.6) is 11.5 Å². The van der Waals surface area contributed by atoms with E-state index in [0.29, 0.717) is 18.6 Å². The third-order valence-corrected chi connectivity index (χ3v) is 4.76. The van der Waals surface area contributed by atoms with Gasteiger partial charge in [-0.25, -0.2) is 0 Å². The number of hydrogen-bond donors (Lipinski definition) is 1. The highest BCUT2D eigenvalue weighted by Crippen LogP contribution is 2.20. The fourth-order valence-corrected chi connectivity index (χ4v) is 3.22. The quantitative estimate of drug-likeness (QED) is 0.649. The average Bonchev–Trinajstić information content (AvgIpc) is 2.68. The summed E-state index contributed by atoms with van der Waals surface area (Å²) in [6, 6.07) is 15.5. The fraction of sp³-hybridized carbons (Fsp3) is 0.300. The molecule has 0 radical (unpaired) electrons. The monoisotopic (exact) mass is 373 g/mol. The number of thioether (sulfide) groups is 1. The lowest BCUT2D eigenvalue weighted by Gasteiger charge is -2.13. The predicted octanol–water partition coefficient (Wildman–Crippen LogP) is 2.90. The Morgan fingerprint density at radius 1 is 1.19 bits per heavy atom. The summed E-state index contributed by atoms with van der Waals surface area (Å²) in [7, 11) is 3.23. The maximum atomic E-state index is 11.8. The van der Waals surface area contributed by atoms with Gasteiger partial charge in [-0.1, -0.05) is 42.1 Å². The van der Waals surface area contributed by atoms with Crippen LogP contribution in [0.2, 0.25) is 0 Å². The normalized spacial score (nSPS) is 11.5. The number of hydrogen-bond acceptors (Lipinski definition) is 5. The number of para-hydroxylation sites is 1. The van der Waals surface area contributed by atoms with E-state index in [4.69, 9.17) is 9.47 Å². The molecule has 0 aliphatic carbocycles. The lowest BCUT2D eigenvalue weighted by Crippen LogP contribution is -2.31.